The second-order valence-corrected chi connectivity index (χ2v) is 7.09. The minimum atomic E-state index is -0.461. The molecule has 0 saturated carbocycles. The molecule has 1 atom stereocenters. The minimum Gasteiger partial charge on any atom is -0.454 e. The van der Waals surface area contributed by atoms with Gasteiger partial charge in [-0.2, -0.15) is 0 Å². The van der Waals surface area contributed by atoms with Gasteiger partial charge < -0.3 is 18.9 Å². The van der Waals surface area contributed by atoms with Gasteiger partial charge in [-0.25, -0.2) is 0 Å². The molecule has 8 nitrogen and oxygen atoms in total. The van der Waals surface area contributed by atoms with Gasteiger partial charge >= 0.3 is 0 Å². The van der Waals surface area contributed by atoms with Crippen LogP contribution in [0.25, 0.3) is 11.3 Å². The number of ether oxygens (including phenoxy) is 2. The quantitative estimate of drug-likeness (QED) is 0.636. The van der Waals surface area contributed by atoms with Gasteiger partial charge in [0.1, 0.15) is 11.7 Å². The number of aromatic nitrogens is 2. The first kappa shape index (κ1) is 18.9. The highest BCUT2D eigenvalue weighted by atomic mass is 16.7. The number of fused-ring (bicyclic) bond motifs is 1. The second kappa shape index (κ2) is 7.92. The summed E-state index contributed by atoms with van der Waals surface area (Å²) < 4.78 is 16.3. The van der Waals surface area contributed by atoms with Gasteiger partial charge in [0.05, 0.1) is 6.54 Å². The highest BCUT2D eigenvalue weighted by Crippen LogP contribution is 2.35. The number of carbonyl (C=O) groups is 1. The lowest BCUT2D eigenvalue weighted by Gasteiger charge is -2.28. The normalized spacial score (nSPS) is 13.5. The van der Waals surface area contributed by atoms with Gasteiger partial charge in [0.2, 0.25) is 12.7 Å². The summed E-state index contributed by atoms with van der Waals surface area (Å²) in [5, 5.41) is 4.09. The predicted octanol–water partition coefficient (Wildman–Crippen LogP) is 2.73. The third-order valence-corrected chi connectivity index (χ3v) is 4.77. The summed E-state index contributed by atoms with van der Waals surface area (Å²) >= 11 is 0. The maximum absolute atomic E-state index is 13.2. The lowest BCUT2D eigenvalue weighted by atomic mass is 10.0. The second-order valence-electron chi connectivity index (χ2n) is 7.09. The van der Waals surface area contributed by atoms with Crippen LogP contribution in [0.15, 0.2) is 53.3 Å². The predicted molar refractivity (Wildman–Crippen MR) is 105 cm³/mol. The van der Waals surface area contributed by atoms with Gasteiger partial charge in [0, 0.05) is 31.1 Å². The molecule has 1 aliphatic heterocycles. The number of nitrogens with zero attached hydrogens (tertiary/aromatic N) is 4. The van der Waals surface area contributed by atoms with Crippen LogP contribution in [0.3, 0.4) is 0 Å². The molecule has 4 rings (SSSR count). The molecule has 0 saturated heterocycles. The number of carbonyl (C=O) groups excluding carboxylic acids is 1. The summed E-state index contributed by atoms with van der Waals surface area (Å²) in [6.45, 7) is 0.510. The van der Waals surface area contributed by atoms with Crippen molar-refractivity contribution in [2.75, 3.05) is 27.9 Å². The van der Waals surface area contributed by atoms with Crippen molar-refractivity contribution < 1.29 is 18.8 Å². The van der Waals surface area contributed by atoms with Crippen LogP contribution in [-0.2, 0) is 11.3 Å². The number of hydrogen-bond donors (Lipinski definition) is 0. The Morgan fingerprint density at radius 3 is 2.59 bits per heavy atom. The Labute approximate surface area is 168 Å². The largest absolute Gasteiger partial charge is 0.454 e. The molecule has 0 spiro atoms. The van der Waals surface area contributed by atoms with Crippen LogP contribution in [0, 0.1) is 0 Å². The highest BCUT2D eigenvalue weighted by molar-refractivity contribution is 5.83. The minimum absolute atomic E-state index is 0.0595. The Hall–Kier alpha value is -3.39. The zero-order chi connectivity index (χ0) is 20.4. The summed E-state index contributed by atoms with van der Waals surface area (Å²) in [6, 6.07) is 10.7. The smallest absolute Gasteiger partial charge is 0.244 e. The summed E-state index contributed by atoms with van der Waals surface area (Å²) in [4.78, 5) is 20.7. The van der Waals surface area contributed by atoms with Crippen LogP contribution in [0.5, 0.6) is 11.5 Å². The van der Waals surface area contributed by atoms with Gasteiger partial charge in [-0.1, -0.05) is 11.2 Å². The monoisotopic (exact) mass is 394 g/mol. The third-order valence-electron chi connectivity index (χ3n) is 4.77. The molecule has 0 bridgehead atoms. The first-order valence-corrected chi connectivity index (χ1v) is 9.20. The van der Waals surface area contributed by atoms with Crippen molar-refractivity contribution in [1.29, 1.82) is 0 Å². The molecule has 29 heavy (non-hydrogen) atoms. The first-order chi connectivity index (χ1) is 14.0. The molecule has 0 fully saturated rings. The molecule has 3 heterocycles. The van der Waals surface area contributed by atoms with E-state index in [1.54, 1.807) is 24.3 Å². The Morgan fingerprint density at radius 1 is 1.07 bits per heavy atom. The van der Waals surface area contributed by atoms with Gasteiger partial charge in [-0.3, -0.25) is 14.7 Å². The number of benzene rings is 1. The van der Waals surface area contributed by atoms with Gasteiger partial charge in [0.25, 0.3) is 0 Å². The van der Waals surface area contributed by atoms with Gasteiger partial charge in [-0.15, -0.1) is 0 Å². The van der Waals surface area contributed by atoms with E-state index in [1.807, 2.05) is 55.4 Å². The SMILES string of the molecule is CN(Cc1cc(-c2ccncc2)no1)C(=O)[C@H](c1ccc2c(c1)OCO2)N(C)C. The Balaban J connectivity index is 1.50. The molecule has 0 N–H and O–H groups in total. The van der Waals surface area contributed by atoms with E-state index in [-0.39, 0.29) is 12.7 Å². The van der Waals surface area contributed by atoms with Gasteiger partial charge in [0.15, 0.2) is 17.3 Å². The Kier molecular flexibility index (Phi) is 5.18. The van der Waals surface area contributed by atoms with E-state index >= 15 is 0 Å². The summed E-state index contributed by atoms with van der Waals surface area (Å²) in [5.41, 5.74) is 2.46. The van der Waals surface area contributed by atoms with E-state index in [1.165, 1.54) is 0 Å². The van der Waals surface area contributed by atoms with Crippen LogP contribution < -0.4 is 9.47 Å². The Bertz CT molecular complexity index is 1000. The van der Waals surface area contributed by atoms with Crippen molar-refractivity contribution in [3.8, 4) is 22.8 Å². The molecule has 2 aromatic heterocycles. The topological polar surface area (TPSA) is 80.9 Å². The average molecular weight is 394 g/mol. The lowest BCUT2D eigenvalue weighted by Crippen LogP contribution is -2.38. The maximum Gasteiger partial charge on any atom is 0.244 e. The van der Waals surface area contributed by atoms with Crippen LogP contribution in [0.4, 0.5) is 0 Å². The van der Waals surface area contributed by atoms with E-state index in [9.17, 15) is 4.79 Å². The van der Waals surface area contributed by atoms with Crippen LogP contribution >= 0.6 is 0 Å². The lowest BCUT2D eigenvalue weighted by molar-refractivity contribution is -0.135. The van der Waals surface area contributed by atoms with Crippen molar-refractivity contribution in [1.82, 2.24) is 19.9 Å². The van der Waals surface area contributed by atoms with Crippen molar-refractivity contribution in [3.63, 3.8) is 0 Å². The van der Waals surface area contributed by atoms with Crippen molar-refractivity contribution in [2.45, 2.75) is 12.6 Å². The van der Waals surface area contributed by atoms with Crippen molar-refractivity contribution in [3.05, 3.63) is 60.1 Å². The number of hydrogen-bond acceptors (Lipinski definition) is 7. The fraction of sp³-hybridized carbons (Fsp3) is 0.286. The summed E-state index contributed by atoms with van der Waals surface area (Å²) in [6.07, 6.45) is 3.40. The van der Waals surface area contributed by atoms with E-state index in [2.05, 4.69) is 10.1 Å². The number of amides is 1. The van der Waals surface area contributed by atoms with Crippen LogP contribution in [-0.4, -0.2) is 53.8 Å². The molecule has 8 heteroatoms. The molecular weight excluding hydrogens is 372 g/mol. The van der Waals surface area contributed by atoms with E-state index < -0.39 is 6.04 Å². The van der Waals surface area contributed by atoms with E-state index in [0.29, 0.717) is 29.5 Å². The fourth-order valence-corrected chi connectivity index (χ4v) is 3.31. The highest BCUT2D eigenvalue weighted by Gasteiger charge is 2.28. The molecule has 150 valence electrons. The number of rotatable bonds is 6. The molecule has 1 amide bonds. The zero-order valence-electron chi connectivity index (χ0n) is 16.5. The molecule has 0 radical (unpaired) electrons. The molecule has 0 unspecified atom stereocenters. The van der Waals surface area contributed by atoms with Crippen LogP contribution in [0.2, 0.25) is 0 Å². The summed E-state index contributed by atoms with van der Waals surface area (Å²) in [5.74, 6) is 1.89. The summed E-state index contributed by atoms with van der Waals surface area (Å²) in [7, 11) is 5.49. The van der Waals surface area contributed by atoms with E-state index in [4.69, 9.17) is 14.0 Å². The zero-order valence-corrected chi connectivity index (χ0v) is 16.5. The molecule has 3 aromatic rings. The van der Waals surface area contributed by atoms with Crippen molar-refractivity contribution in [2.24, 2.45) is 0 Å². The van der Waals surface area contributed by atoms with Crippen molar-refractivity contribution >= 4 is 5.91 Å². The standard InChI is InChI=1S/C21H22N4O4/c1-24(2)20(15-4-5-18-19(10-15)28-13-27-18)21(26)25(3)12-16-11-17(23-29-16)14-6-8-22-9-7-14/h4-11,20H,12-13H2,1-3H3/t20-/m0/s1. The average Bonchev–Trinajstić information content (AvgIpc) is 3.37. The molecule has 0 aliphatic carbocycles. The Morgan fingerprint density at radius 2 is 1.83 bits per heavy atom. The van der Waals surface area contributed by atoms with Gasteiger partial charge in [-0.05, 0) is 43.9 Å². The molecule has 1 aromatic carbocycles. The first-order valence-electron chi connectivity index (χ1n) is 9.20. The fourth-order valence-electron chi connectivity index (χ4n) is 3.31. The number of pyridine rings is 1. The van der Waals surface area contributed by atoms with E-state index in [0.717, 1.165) is 11.1 Å². The van der Waals surface area contributed by atoms with Crippen LogP contribution in [0.1, 0.15) is 17.4 Å². The maximum atomic E-state index is 13.2. The molecule has 1 aliphatic rings. The molecular formula is C21H22N4O4. The third kappa shape index (κ3) is 3.93. The number of likely N-dealkylation sites (N-methyl/N-ethyl adjacent to an activating group) is 2.